The Balaban J connectivity index is -0.000000536. The summed E-state index contributed by atoms with van der Waals surface area (Å²) in [6.07, 6.45) is 21.6. The Kier molecular flexibility index (Phi) is 35.7. The van der Waals surface area contributed by atoms with Crippen molar-refractivity contribution in [1.29, 1.82) is 0 Å². The van der Waals surface area contributed by atoms with Crippen LogP contribution in [-0.4, -0.2) is 45.1 Å². The second kappa shape index (κ2) is 33.2. The van der Waals surface area contributed by atoms with Gasteiger partial charge in [0.05, 0.1) is 21.3 Å². The summed E-state index contributed by atoms with van der Waals surface area (Å²) in [4.78, 5) is 32.8. The maximum Gasteiger partial charge on any atom is 0.320 e. The molecule has 0 heterocycles. The van der Waals surface area contributed by atoms with E-state index in [1.807, 2.05) is 12.2 Å². The van der Waals surface area contributed by atoms with Crippen LogP contribution in [0.3, 0.4) is 0 Å². The monoisotopic (exact) mass is 532 g/mol. The fourth-order valence-corrected chi connectivity index (χ4v) is 3.38. The molecule has 0 amide bonds. The topological polar surface area (TPSA) is 78.9 Å². The Morgan fingerprint density at radius 2 is 1.06 bits per heavy atom. The van der Waals surface area contributed by atoms with Gasteiger partial charge in [-0.3, -0.25) is 14.4 Å². The van der Waals surface area contributed by atoms with E-state index in [4.69, 9.17) is 11.6 Å². The molecule has 0 aliphatic rings. The number of unbranched alkanes of at least 4 members (excludes halogenated alkanes) is 12. The molecule has 36 heavy (non-hydrogen) atoms. The van der Waals surface area contributed by atoms with E-state index < -0.39 is 17.9 Å². The van der Waals surface area contributed by atoms with Crippen LogP contribution in [0.1, 0.15) is 110 Å². The average Bonchev–Trinajstić information content (AvgIpc) is 2.91. The lowest BCUT2D eigenvalue weighted by Gasteiger charge is -2.11. The molecule has 0 N–H and O–H groups in total. The quantitative estimate of drug-likeness (QED) is 0.0395. The van der Waals surface area contributed by atoms with Crippen LogP contribution in [0.2, 0.25) is 0 Å². The predicted octanol–water partition coefficient (Wildman–Crippen LogP) is 7.97. The van der Waals surface area contributed by atoms with Crippen molar-refractivity contribution in [3.63, 3.8) is 0 Å². The van der Waals surface area contributed by atoms with Crippen molar-refractivity contribution in [2.45, 2.75) is 110 Å². The Bertz CT molecular complexity index is 514. The van der Waals surface area contributed by atoms with E-state index in [9.17, 15) is 14.4 Å². The number of esters is 3. The second-order valence-electron chi connectivity index (χ2n) is 8.40. The first-order chi connectivity index (χ1) is 17.4. The summed E-state index contributed by atoms with van der Waals surface area (Å²) in [6, 6.07) is 0. The molecule has 0 aromatic heterocycles. The normalized spacial score (nSPS) is 9.72. The van der Waals surface area contributed by atoms with Gasteiger partial charge in [-0.25, -0.2) is 0 Å². The van der Waals surface area contributed by atoms with Crippen molar-refractivity contribution in [3.8, 4) is 0 Å². The molecule has 0 rings (SSSR count). The minimum atomic E-state index is -0.768. The van der Waals surface area contributed by atoms with Gasteiger partial charge >= 0.3 is 17.9 Å². The van der Waals surface area contributed by atoms with Crippen molar-refractivity contribution >= 4 is 29.5 Å². The minimum absolute atomic E-state index is 0.157. The van der Waals surface area contributed by atoms with Crippen LogP contribution in [0.15, 0.2) is 25.3 Å². The van der Waals surface area contributed by atoms with Crippen molar-refractivity contribution in [2.75, 3.05) is 27.2 Å². The van der Waals surface area contributed by atoms with Gasteiger partial charge in [-0.1, -0.05) is 76.9 Å². The van der Waals surface area contributed by atoms with E-state index in [1.165, 1.54) is 85.5 Å². The second-order valence-corrected chi connectivity index (χ2v) is 8.78. The molecular formula is C29H53ClO6. The Morgan fingerprint density at radius 1 is 0.667 bits per heavy atom. The standard InChI is InChI=1S/C15H26O4.C10H19Cl.C4H8O2/c1-4-5-6-7-8-9-10-11-12-13(14(16)18-2)15(17)19-3;1-2-3-4-5-6-7-8-9-10-11;1-3-4(5)6-2/h4,13H,1,5-12H2,2-3H3;2H,1,3-10H2;3H2,1-2H3. The number of ether oxygens (including phenoxy) is 3. The number of allylic oxidation sites excluding steroid dienone is 2. The summed E-state index contributed by atoms with van der Waals surface area (Å²) in [6.45, 7) is 9.14. The van der Waals surface area contributed by atoms with Gasteiger partial charge in [-0.15, -0.1) is 24.8 Å². The van der Waals surface area contributed by atoms with Crippen molar-refractivity contribution < 1.29 is 28.6 Å². The fraction of sp³-hybridized carbons (Fsp3) is 0.759. The van der Waals surface area contributed by atoms with E-state index in [0.29, 0.717) is 12.8 Å². The van der Waals surface area contributed by atoms with E-state index in [-0.39, 0.29) is 5.97 Å². The van der Waals surface area contributed by atoms with E-state index >= 15 is 0 Å². The smallest absolute Gasteiger partial charge is 0.320 e. The molecule has 0 saturated carbocycles. The summed E-state index contributed by atoms with van der Waals surface area (Å²) < 4.78 is 13.5. The van der Waals surface area contributed by atoms with Crippen LogP contribution in [0.4, 0.5) is 0 Å². The maximum absolute atomic E-state index is 11.4. The molecule has 0 aromatic carbocycles. The molecule has 7 heteroatoms. The molecule has 0 aliphatic heterocycles. The third-order valence-electron chi connectivity index (χ3n) is 5.43. The summed E-state index contributed by atoms with van der Waals surface area (Å²) >= 11 is 5.55. The number of hydrogen-bond donors (Lipinski definition) is 0. The molecule has 6 nitrogen and oxygen atoms in total. The minimum Gasteiger partial charge on any atom is -0.469 e. The van der Waals surface area contributed by atoms with Crippen molar-refractivity contribution in [2.24, 2.45) is 5.92 Å². The number of alkyl halides is 1. The highest BCUT2D eigenvalue weighted by Gasteiger charge is 2.27. The predicted molar refractivity (Wildman–Crippen MR) is 150 cm³/mol. The van der Waals surface area contributed by atoms with Crippen LogP contribution in [0.25, 0.3) is 0 Å². The molecule has 0 atom stereocenters. The molecule has 0 radical (unpaired) electrons. The SMILES string of the molecule is C=CCCCCCCCCC(C(=O)OC)C(=O)OC.C=CCCCCCCCCCl.CCC(=O)OC. The number of carbonyl (C=O) groups excluding carboxylic acids is 3. The molecule has 0 bridgehead atoms. The highest BCUT2D eigenvalue weighted by atomic mass is 35.5. The van der Waals surface area contributed by atoms with Crippen LogP contribution < -0.4 is 0 Å². The van der Waals surface area contributed by atoms with Crippen LogP contribution in [0, 0.1) is 5.92 Å². The van der Waals surface area contributed by atoms with Crippen molar-refractivity contribution in [3.05, 3.63) is 25.3 Å². The number of halogens is 1. The molecule has 0 fully saturated rings. The first-order valence-corrected chi connectivity index (χ1v) is 13.9. The lowest BCUT2D eigenvalue weighted by molar-refractivity contribution is -0.159. The molecule has 0 aliphatic carbocycles. The Hall–Kier alpha value is -1.82. The fourth-order valence-electron chi connectivity index (χ4n) is 3.20. The zero-order valence-electron chi connectivity index (χ0n) is 23.5. The molecule has 0 aromatic rings. The van der Waals surface area contributed by atoms with Gasteiger partial charge in [0.25, 0.3) is 0 Å². The number of hydrogen-bond acceptors (Lipinski definition) is 6. The third-order valence-corrected chi connectivity index (χ3v) is 5.70. The molecule has 0 saturated heterocycles. The highest BCUT2D eigenvalue weighted by molar-refractivity contribution is 6.17. The summed E-state index contributed by atoms with van der Waals surface area (Å²) in [5, 5.41) is 0. The first kappa shape index (κ1) is 38.7. The summed E-state index contributed by atoms with van der Waals surface area (Å²) in [5.74, 6) is -1.10. The Labute approximate surface area is 226 Å². The number of methoxy groups -OCH3 is 3. The largest absolute Gasteiger partial charge is 0.469 e. The van der Waals surface area contributed by atoms with Gasteiger partial charge in [-0.05, 0) is 38.5 Å². The van der Waals surface area contributed by atoms with Crippen LogP contribution >= 0.6 is 11.6 Å². The van der Waals surface area contributed by atoms with Gasteiger partial charge in [-0.2, -0.15) is 0 Å². The van der Waals surface area contributed by atoms with E-state index in [0.717, 1.165) is 31.6 Å². The van der Waals surface area contributed by atoms with Gasteiger partial charge in [0.2, 0.25) is 0 Å². The molecule has 212 valence electrons. The number of rotatable bonds is 20. The molecule has 0 unspecified atom stereocenters. The lowest BCUT2D eigenvalue weighted by Crippen LogP contribution is -2.26. The van der Waals surface area contributed by atoms with Gasteiger partial charge < -0.3 is 14.2 Å². The first-order valence-electron chi connectivity index (χ1n) is 13.4. The lowest BCUT2D eigenvalue weighted by atomic mass is 10.00. The summed E-state index contributed by atoms with van der Waals surface area (Å²) in [5.41, 5.74) is 0. The third kappa shape index (κ3) is 30.2. The Morgan fingerprint density at radius 3 is 1.36 bits per heavy atom. The molecule has 0 spiro atoms. The molecular weight excluding hydrogens is 480 g/mol. The van der Waals surface area contributed by atoms with Gasteiger partial charge in [0.15, 0.2) is 5.92 Å². The average molecular weight is 533 g/mol. The van der Waals surface area contributed by atoms with Crippen LogP contribution in [0.5, 0.6) is 0 Å². The highest BCUT2D eigenvalue weighted by Crippen LogP contribution is 2.15. The maximum atomic E-state index is 11.4. The van der Waals surface area contributed by atoms with Crippen molar-refractivity contribution in [1.82, 2.24) is 0 Å². The summed E-state index contributed by atoms with van der Waals surface area (Å²) in [7, 11) is 3.96. The number of carbonyl (C=O) groups is 3. The van der Waals surface area contributed by atoms with Gasteiger partial charge in [0.1, 0.15) is 0 Å². The van der Waals surface area contributed by atoms with Crippen LogP contribution in [-0.2, 0) is 28.6 Å². The van der Waals surface area contributed by atoms with E-state index in [2.05, 4.69) is 27.4 Å². The zero-order chi connectivity index (χ0) is 27.9. The van der Waals surface area contributed by atoms with Gasteiger partial charge in [0, 0.05) is 12.3 Å². The van der Waals surface area contributed by atoms with E-state index in [1.54, 1.807) is 6.92 Å². The zero-order valence-corrected chi connectivity index (χ0v) is 24.3.